The largest absolute Gasteiger partial charge is 0.339 e. The molecule has 1 aromatic carbocycles. The van der Waals surface area contributed by atoms with E-state index in [-0.39, 0.29) is 11.9 Å². The van der Waals surface area contributed by atoms with Crippen molar-refractivity contribution in [1.29, 1.82) is 0 Å². The summed E-state index contributed by atoms with van der Waals surface area (Å²) >= 11 is 0. The quantitative estimate of drug-likeness (QED) is 0.804. The summed E-state index contributed by atoms with van der Waals surface area (Å²) in [6.45, 7) is 6.63. The van der Waals surface area contributed by atoms with Gasteiger partial charge in [-0.1, -0.05) is 35.5 Å². The predicted octanol–water partition coefficient (Wildman–Crippen LogP) is 1.94. The maximum atomic E-state index is 12.3. The Balaban J connectivity index is 1.27. The third kappa shape index (κ3) is 4.54. The molecule has 0 bridgehead atoms. The van der Waals surface area contributed by atoms with Crippen LogP contribution in [0.3, 0.4) is 0 Å². The molecule has 1 aliphatic heterocycles. The third-order valence-corrected chi connectivity index (χ3v) is 5.45. The standard InChI is InChI=1S/C20H27N5O2/c1-15(20-22-19(23-27-20)17-5-3-2-4-6-17)24-9-11-25(12-10-24)18(26)14-21-13-16-7-8-16/h2-6,15-16,21H,7-14H2,1H3. The van der Waals surface area contributed by atoms with Crippen LogP contribution in [0.2, 0.25) is 0 Å². The topological polar surface area (TPSA) is 74.5 Å². The van der Waals surface area contributed by atoms with Crippen molar-refractivity contribution in [3.05, 3.63) is 36.2 Å². The molecule has 4 rings (SSSR count). The zero-order chi connectivity index (χ0) is 18.6. The fraction of sp³-hybridized carbons (Fsp3) is 0.550. The fourth-order valence-corrected chi connectivity index (χ4v) is 3.44. The van der Waals surface area contributed by atoms with Crippen LogP contribution in [0.1, 0.15) is 31.7 Å². The SMILES string of the molecule is CC(c1nc(-c2ccccc2)no1)N1CCN(C(=O)CNCC2CC2)CC1. The molecule has 1 aliphatic carbocycles. The lowest BCUT2D eigenvalue weighted by atomic mass is 10.2. The number of hydrogen-bond donors (Lipinski definition) is 1. The molecule has 1 atom stereocenters. The summed E-state index contributed by atoms with van der Waals surface area (Å²) in [5.74, 6) is 2.24. The monoisotopic (exact) mass is 369 g/mol. The summed E-state index contributed by atoms with van der Waals surface area (Å²) in [6, 6.07) is 9.88. The Bertz CT molecular complexity index is 751. The van der Waals surface area contributed by atoms with Crippen molar-refractivity contribution in [2.45, 2.75) is 25.8 Å². The summed E-state index contributed by atoms with van der Waals surface area (Å²) in [7, 11) is 0. The van der Waals surface area contributed by atoms with E-state index >= 15 is 0 Å². The van der Waals surface area contributed by atoms with Gasteiger partial charge in [-0.15, -0.1) is 0 Å². The van der Waals surface area contributed by atoms with E-state index in [1.54, 1.807) is 0 Å². The summed E-state index contributed by atoms with van der Waals surface area (Å²) in [4.78, 5) is 21.1. The van der Waals surface area contributed by atoms with E-state index in [2.05, 4.69) is 27.3 Å². The van der Waals surface area contributed by atoms with Gasteiger partial charge in [0.2, 0.25) is 17.6 Å². The van der Waals surface area contributed by atoms with Crippen molar-refractivity contribution in [3.8, 4) is 11.4 Å². The molecule has 0 radical (unpaired) electrons. The van der Waals surface area contributed by atoms with Gasteiger partial charge in [-0.2, -0.15) is 4.98 Å². The van der Waals surface area contributed by atoms with Crippen LogP contribution in [-0.4, -0.2) is 65.1 Å². The molecule has 1 unspecified atom stereocenters. The molecule has 7 heteroatoms. The molecular formula is C20H27N5O2. The molecule has 2 heterocycles. The number of benzene rings is 1. The molecule has 27 heavy (non-hydrogen) atoms. The Labute approximate surface area is 159 Å². The number of carbonyl (C=O) groups excluding carboxylic acids is 1. The van der Waals surface area contributed by atoms with E-state index in [0.717, 1.165) is 44.2 Å². The van der Waals surface area contributed by atoms with E-state index in [0.29, 0.717) is 18.3 Å². The van der Waals surface area contributed by atoms with Crippen LogP contribution in [0.4, 0.5) is 0 Å². The van der Waals surface area contributed by atoms with Gasteiger partial charge in [0.1, 0.15) is 0 Å². The lowest BCUT2D eigenvalue weighted by Crippen LogP contribution is -2.51. The van der Waals surface area contributed by atoms with Crippen molar-refractivity contribution in [2.24, 2.45) is 5.92 Å². The summed E-state index contributed by atoms with van der Waals surface area (Å²) in [5.41, 5.74) is 0.953. The zero-order valence-corrected chi connectivity index (χ0v) is 15.8. The minimum Gasteiger partial charge on any atom is -0.339 e. The van der Waals surface area contributed by atoms with E-state index in [1.165, 1.54) is 12.8 Å². The molecule has 144 valence electrons. The lowest BCUT2D eigenvalue weighted by Gasteiger charge is -2.36. The van der Waals surface area contributed by atoms with Crippen LogP contribution in [0.5, 0.6) is 0 Å². The Kier molecular flexibility index (Phi) is 5.50. The average Bonchev–Trinajstić information content (AvgIpc) is 3.41. The number of aromatic nitrogens is 2. The molecule has 1 saturated heterocycles. The minimum absolute atomic E-state index is 0.0419. The molecule has 1 saturated carbocycles. The maximum absolute atomic E-state index is 12.3. The van der Waals surface area contributed by atoms with E-state index in [4.69, 9.17) is 4.52 Å². The van der Waals surface area contributed by atoms with Gasteiger partial charge in [0, 0.05) is 31.7 Å². The minimum atomic E-state index is 0.0419. The molecule has 1 N–H and O–H groups in total. The summed E-state index contributed by atoms with van der Waals surface area (Å²) in [5, 5.41) is 7.40. The number of nitrogens with zero attached hydrogens (tertiary/aromatic N) is 4. The van der Waals surface area contributed by atoms with E-state index in [9.17, 15) is 4.79 Å². The third-order valence-electron chi connectivity index (χ3n) is 5.45. The fourth-order valence-electron chi connectivity index (χ4n) is 3.44. The Morgan fingerprint density at radius 1 is 1.22 bits per heavy atom. The van der Waals surface area contributed by atoms with Crippen LogP contribution >= 0.6 is 0 Å². The summed E-state index contributed by atoms with van der Waals surface area (Å²) in [6.07, 6.45) is 2.61. The van der Waals surface area contributed by atoms with Gasteiger partial charge in [0.25, 0.3) is 0 Å². The van der Waals surface area contributed by atoms with Gasteiger partial charge in [-0.05, 0) is 32.2 Å². The molecular weight excluding hydrogens is 342 g/mol. The maximum Gasteiger partial charge on any atom is 0.244 e. The van der Waals surface area contributed by atoms with Crippen molar-refractivity contribution in [2.75, 3.05) is 39.3 Å². The van der Waals surface area contributed by atoms with Crippen LogP contribution in [0, 0.1) is 5.92 Å². The Hall–Kier alpha value is -2.25. The van der Waals surface area contributed by atoms with Gasteiger partial charge in [-0.25, -0.2) is 0 Å². The van der Waals surface area contributed by atoms with Crippen molar-refractivity contribution in [1.82, 2.24) is 25.3 Å². The number of carbonyl (C=O) groups is 1. The second-order valence-corrected chi connectivity index (χ2v) is 7.49. The van der Waals surface area contributed by atoms with Gasteiger partial charge < -0.3 is 14.7 Å². The predicted molar refractivity (Wildman–Crippen MR) is 102 cm³/mol. The summed E-state index contributed by atoms with van der Waals surface area (Å²) < 4.78 is 5.50. The number of rotatable bonds is 7. The molecule has 0 spiro atoms. The number of hydrogen-bond acceptors (Lipinski definition) is 6. The number of amides is 1. The first-order valence-corrected chi connectivity index (χ1v) is 9.82. The number of nitrogens with one attached hydrogen (secondary N) is 1. The van der Waals surface area contributed by atoms with Gasteiger partial charge in [-0.3, -0.25) is 9.69 Å². The van der Waals surface area contributed by atoms with Crippen LogP contribution in [0.15, 0.2) is 34.9 Å². The van der Waals surface area contributed by atoms with Crippen LogP contribution < -0.4 is 5.32 Å². The highest BCUT2D eigenvalue weighted by Gasteiger charge is 2.28. The molecule has 1 aromatic heterocycles. The zero-order valence-electron chi connectivity index (χ0n) is 15.8. The Morgan fingerprint density at radius 2 is 1.96 bits per heavy atom. The van der Waals surface area contributed by atoms with Crippen molar-refractivity contribution >= 4 is 5.91 Å². The second kappa shape index (κ2) is 8.19. The van der Waals surface area contributed by atoms with E-state index < -0.39 is 0 Å². The van der Waals surface area contributed by atoms with Gasteiger partial charge >= 0.3 is 0 Å². The molecule has 2 fully saturated rings. The normalized spacial score (nSPS) is 19.2. The average molecular weight is 369 g/mol. The lowest BCUT2D eigenvalue weighted by molar-refractivity contribution is -0.132. The van der Waals surface area contributed by atoms with Crippen LogP contribution in [-0.2, 0) is 4.79 Å². The molecule has 2 aliphatic rings. The van der Waals surface area contributed by atoms with Crippen molar-refractivity contribution in [3.63, 3.8) is 0 Å². The molecule has 1 amide bonds. The first-order chi connectivity index (χ1) is 13.2. The smallest absolute Gasteiger partial charge is 0.244 e. The Morgan fingerprint density at radius 3 is 2.67 bits per heavy atom. The molecule has 2 aromatic rings. The highest BCUT2D eigenvalue weighted by Crippen LogP contribution is 2.27. The first kappa shape index (κ1) is 18.1. The van der Waals surface area contributed by atoms with Crippen LogP contribution in [0.25, 0.3) is 11.4 Å². The second-order valence-electron chi connectivity index (χ2n) is 7.49. The van der Waals surface area contributed by atoms with Crippen molar-refractivity contribution < 1.29 is 9.32 Å². The van der Waals surface area contributed by atoms with Gasteiger partial charge in [0.05, 0.1) is 12.6 Å². The molecule has 7 nitrogen and oxygen atoms in total. The number of piperazine rings is 1. The van der Waals surface area contributed by atoms with Gasteiger partial charge in [0.15, 0.2) is 0 Å². The van der Waals surface area contributed by atoms with E-state index in [1.807, 2.05) is 35.2 Å². The highest BCUT2D eigenvalue weighted by atomic mass is 16.5. The highest BCUT2D eigenvalue weighted by molar-refractivity contribution is 5.78. The first-order valence-electron chi connectivity index (χ1n) is 9.82.